The van der Waals surface area contributed by atoms with Crippen LogP contribution < -0.4 is 5.73 Å². The van der Waals surface area contributed by atoms with Gasteiger partial charge in [-0.25, -0.2) is 0 Å². The normalized spacial score (nSPS) is 11.9. The molecule has 3 heteroatoms. The summed E-state index contributed by atoms with van der Waals surface area (Å²) in [6.07, 6.45) is 2.67. The standard InChI is InChI=1S/C32H34N2O/c33-32-19-11-10-18-29(32)25-34(24-28-16-8-3-9-17-28)30(22-27-14-6-2-7-15-27)23-31(35)21-20-26-12-4-1-5-13-26/h1-19,30H,20-25,33H2. The molecule has 2 N–H and O–H groups in total. The number of nitrogens with two attached hydrogens (primary N) is 1. The summed E-state index contributed by atoms with van der Waals surface area (Å²) in [6, 6.07) is 39.3. The van der Waals surface area contributed by atoms with Gasteiger partial charge in [0.05, 0.1) is 0 Å². The summed E-state index contributed by atoms with van der Waals surface area (Å²) in [4.78, 5) is 15.7. The van der Waals surface area contributed by atoms with Gasteiger partial charge >= 0.3 is 0 Å². The zero-order chi connectivity index (χ0) is 24.3. The average molecular weight is 463 g/mol. The van der Waals surface area contributed by atoms with Crippen LogP contribution in [0.4, 0.5) is 5.69 Å². The van der Waals surface area contributed by atoms with Gasteiger partial charge in [0.15, 0.2) is 0 Å². The largest absolute Gasteiger partial charge is 0.398 e. The van der Waals surface area contributed by atoms with E-state index < -0.39 is 0 Å². The van der Waals surface area contributed by atoms with E-state index in [-0.39, 0.29) is 6.04 Å². The van der Waals surface area contributed by atoms with Gasteiger partial charge in [0.1, 0.15) is 5.78 Å². The van der Waals surface area contributed by atoms with Crippen molar-refractivity contribution in [2.24, 2.45) is 0 Å². The Balaban J connectivity index is 1.57. The second kappa shape index (κ2) is 12.7. The third kappa shape index (κ3) is 7.66. The monoisotopic (exact) mass is 462 g/mol. The van der Waals surface area contributed by atoms with Crippen LogP contribution in [0.25, 0.3) is 0 Å². The van der Waals surface area contributed by atoms with Crippen LogP contribution in [0.3, 0.4) is 0 Å². The fourth-order valence-corrected chi connectivity index (χ4v) is 4.54. The second-order valence-electron chi connectivity index (χ2n) is 9.16. The van der Waals surface area contributed by atoms with E-state index in [0.717, 1.165) is 30.6 Å². The van der Waals surface area contributed by atoms with E-state index >= 15 is 0 Å². The molecule has 1 unspecified atom stereocenters. The first-order chi connectivity index (χ1) is 17.2. The van der Waals surface area contributed by atoms with Crippen LogP contribution in [-0.2, 0) is 30.7 Å². The molecule has 0 saturated heterocycles. The minimum absolute atomic E-state index is 0.0699. The number of anilines is 1. The molecule has 0 aliphatic carbocycles. The van der Waals surface area contributed by atoms with E-state index in [1.165, 1.54) is 16.7 Å². The van der Waals surface area contributed by atoms with Crippen molar-refractivity contribution in [2.75, 3.05) is 5.73 Å². The maximum atomic E-state index is 13.2. The van der Waals surface area contributed by atoms with Gasteiger partial charge in [-0.1, -0.05) is 109 Å². The molecule has 0 saturated carbocycles. The molecule has 3 nitrogen and oxygen atoms in total. The Morgan fingerprint density at radius 3 is 1.83 bits per heavy atom. The van der Waals surface area contributed by atoms with E-state index in [2.05, 4.69) is 71.6 Å². The molecule has 0 bridgehead atoms. The maximum absolute atomic E-state index is 13.2. The number of rotatable bonds is 12. The van der Waals surface area contributed by atoms with E-state index in [9.17, 15) is 4.79 Å². The SMILES string of the molecule is Nc1ccccc1CN(Cc1ccccc1)C(CC(=O)CCc1ccccc1)Cc1ccccc1. The fourth-order valence-electron chi connectivity index (χ4n) is 4.54. The molecule has 0 heterocycles. The van der Waals surface area contributed by atoms with E-state index in [1.54, 1.807) is 0 Å². The molecular formula is C32H34N2O. The Kier molecular flexibility index (Phi) is 8.85. The van der Waals surface area contributed by atoms with Crippen molar-refractivity contribution in [3.8, 4) is 0 Å². The summed E-state index contributed by atoms with van der Waals surface area (Å²) in [7, 11) is 0. The molecule has 0 spiro atoms. The summed E-state index contributed by atoms with van der Waals surface area (Å²) in [5.74, 6) is 0.300. The highest BCUT2D eigenvalue weighted by Gasteiger charge is 2.23. The summed E-state index contributed by atoms with van der Waals surface area (Å²) in [6.45, 7) is 1.46. The molecule has 0 fully saturated rings. The maximum Gasteiger partial charge on any atom is 0.134 e. The molecule has 0 aromatic heterocycles. The van der Waals surface area contributed by atoms with Crippen LogP contribution in [0.15, 0.2) is 115 Å². The summed E-state index contributed by atoms with van der Waals surface area (Å²) < 4.78 is 0. The summed E-state index contributed by atoms with van der Waals surface area (Å²) in [5.41, 5.74) is 11.9. The van der Waals surface area contributed by atoms with Crippen molar-refractivity contribution >= 4 is 11.5 Å². The Morgan fingerprint density at radius 1 is 0.657 bits per heavy atom. The summed E-state index contributed by atoms with van der Waals surface area (Å²) in [5, 5.41) is 0. The van der Waals surface area contributed by atoms with Gasteiger partial charge in [-0.2, -0.15) is 0 Å². The minimum Gasteiger partial charge on any atom is -0.398 e. The average Bonchev–Trinajstić information content (AvgIpc) is 2.90. The lowest BCUT2D eigenvalue weighted by Crippen LogP contribution is -2.38. The van der Waals surface area contributed by atoms with Crippen molar-refractivity contribution < 1.29 is 4.79 Å². The van der Waals surface area contributed by atoms with Gasteiger partial charge in [-0.3, -0.25) is 9.69 Å². The molecule has 0 radical (unpaired) electrons. The zero-order valence-electron chi connectivity index (χ0n) is 20.2. The van der Waals surface area contributed by atoms with Crippen LogP contribution in [0.2, 0.25) is 0 Å². The Morgan fingerprint density at radius 2 is 1.20 bits per heavy atom. The Hall–Kier alpha value is -3.69. The molecule has 0 aliphatic rings. The number of carbonyl (C=O) groups excluding carboxylic acids is 1. The number of Topliss-reactive ketones (excluding diaryl/α,β-unsaturated/α-hetero) is 1. The smallest absolute Gasteiger partial charge is 0.134 e. The lowest BCUT2D eigenvalue weighted by atomic mass is 9.95. The van der Waals surface area contributed by atoms with Crippen LogP contribution in [0.1, 0.15) is 35.1 Å². The molecule has 35 heavy (non-hydrogen) atoms. The molecule has 4 aromatic carbocycles. The van der Waals surface area contributed by atoms with E-state index in [1.807, 2.05) is 48.5 Å². The molecule has 4 aromatic rings. The van der Waals surface area contributed by atoms with Gasteiger partial charge in [-0.05, 0) is 41.2 Å². The number of hydrogen-bond donors (Lipinski definition) is 1. The molecule has 0 aliphatic heterocycles. The number of carbonyl (C=O) groups is 1. The molecule has 4 rings (SSSR count). The fraction of sp³-hybridized carbons (Fsp3) is 0.219. The van der Waals surface area contributed by atoms with Crippen molar-refractivity contribution in [2.45, 2.75) is 44.8 Å². The first-order valence-electron chi connectivity index (χ1n) is 12.4. The number of aryl methyl sites for hydroxylation is 1. The van der Waals surface area contributed by atoms with Crippen LogP contribution >= 0.6 is 0 Å². The number of nitrogen functional groups attached to an aromatic ring is 1. The quantitative estimate of drug-likeness (QED) is 0.245. The zero-order valence-corrected chi connectivity index (χ0v) is 20.2. The highest BCUT2D eigenvalue weighted by Crippen LogP contribution is 2.22. The predicted molar refractivity (Wildman–Crippen MR) is 145 cm³/mol. The van der Waals surface area contributed by atoms with Gasteiger partial charge in [0.2, 0.25) is 0 Å². The third-order valence-corrected chi connectivity index (χ3v) is 6.49. The van der Waals surface area contributed by atoms with Gasteiger partial charge in [0.25, 0.3) is 0 Å². The lowest BCUT2D eigenvalue weighted by molar-refractivity contribution is -0.120. The molecule has 178 valence electrons. The lowest BCUT2D eigenvalue weighted by Gasteiger charge is -2.32. The first kappa shape index (κ1) is 24.4. The predicted octanol–water partition coefficient (Wildman–Crippen LogP) is 6.47. The van der Waals surface area contributed by atoms with Gasteiger partial charge < -0.3 is 5.73 Å². The Bertz CT molecular complexity index is 1180. The number of benzene rings is 4. The second-order valence-corrected chi connectivity index (χ2v) is 9.16. The van der Waals surface area contributed by atoms with Crippen LogP contribution in [-0.4, -0.2) is 16.7 Å². The van der Waals surface area contributed by atoms with Crippen LogP contribution in [0.5, 0.6) is 0 Å². The number of para-hydroxylation sites is 1. The highest BCUT2D eigenvalue weighted by atomic mass is 16.1. The topological polar surface area (TPSA) is 46.3 Å². The number of ketones is 1. The minimum atomic E-state index is 0.0699. The van der Waals surface area contributed by atoms with Crippen molar-refractivity contribution in [1.82, 2.24) is 4.90 Å². The first-order valence-corrected chi connectivity index (χ1v) is 12.4. The summed E-state index contributed by atoms with van der Waals surface area (Å²) >= 11 is 0. The van der Waals surface area contributed by atoms with Gasteiger partial charge in [-0.15, -0.1) is 0 Å². The van der Waals surface area contributed by atoms with Crippen molar-refractivity contribution in [1.29, 1.82) is 0 Å². The molecule has 0 amide bonds. The van der Waals surface area contributed by atoms with E-state index in [4.69, 9.17) is 5.73 Å². The molecule has 1 atom stereocenters. The van der Waals surface area contributed by atoms with Gasteiger partial charge in [0, 0.05) is 37.7 Å². The number of hydrogen-bond acceptors (Lipinski definition) is 3. The van der Waals surface area contributed by atoms with Crippen molar-refractivity contribution in [3.05, 3.63) is 138 Å². The van der Waals surface area contributed by atoms with Crippen molar-refractivity contribution in [3.63, 3.8) is 0 Å². The highest BCUT2D eigenvalue weighted by molar-refractivity contribution is 5.79. The number of nitrogens with zero attached hydrogens (tertiary/aromatic N) is 1. The van der Waals surface area contributed by atoms with E-state index in [0.29, 0.717) is 25.2 Å². The molecular weight excluding hydrogens is 428 g/mol. The third-order valence-electron chi connectivity index (χ3n) is 6.49. The Labute approximate surface area is 209 Å². The van der Waals surface area contributed by atoms with Crippen LogP contribution in [0, 0.1) is 0 Å².